The minimum absolute atomic E-state index is 0.499. The van der Waals surface area contributed by atoms with E-state index >= 15 is 0 Å². The number of likely N-dealkylation sites (N-methyl/N-ethyl adjacent to an activating group) is 1. The zero-order valence-corrected chi connectivity index (χ0v) is 13.2. The van der Waals surface area contributed by atoms with Gasteiger partial charge in [0.1, 0.15) is 0 Å². The standard InChI is InChI=1S/C17H29N3/c1-4-20(13-7-12-19(2)3)14-17-16-9-6-5-8-15(16)10-11-18-17/h5-6,8-9,17-18H,4,7,10-14H2,1-3H3. The van der Waals surface area contributed by atoms with Crippen LogP contribution in [-0.4, -0.2) is 56.6 Å². The van der Waals surface area contributed by atoms with Crippen LogP contribution in [0.5, 0.6) is 0 Å². The quantitative estimate of drug-likeness (QED) is 0.822. The molecule has 0 amide bonds. The fourth-order valence-corrected chi connectivity index (χ4v) is 3.00. The predicted molar refractivity (Wildman–Crippen MR) is 86.2 cm³/mol. The van der Waals surface area contributed by atoms with Crippen molar-refractivity contribution in [3.63, 3.8) is 0 Å². The molecule has 0 saturated carbocycles. The van der Waals surface area contributed by atoms with E-state index in [1.165, 1.54) is 37.1 Å². The van der Waals surface area contributed by atoms with Gasteiger partial charge in [0.05, 0.1) is 0 Å². The van der Waals surface area contributed by atoms with E-state index in [2.05, 4.69) is 60.4 Å². The van der Waals surface area contributed by atoms with E-state index in [9.17, 15) is 0 Å². The molecule has 112 valence electrons. The third kappa shape index (κ3) is 4.30. The van der Waals surface area contributed by atoms with E-state index in [1.54, 1.807) is 0 Å². The Morgan fingerprint density at radius 2 is 2.00 bits per heavy atom. The molecule has 0 bridgehead atoms. The molecule has 1 aliphatic rings. The average Bonchev–Trinajstić information content (AvgIpc) is 2.46. The van der Waals surface area contributed by atoms with Gasteiger partial charge in [0, 0.05) is 12.6 Å². The molecule has 1 unspecified atom stereocenters. The monoisotopic (exact) mass is 275 g/mol. The van der Waals surface area contributed by atoms with Crippen molar-refractivity contribution < 1.29 is 0 Å². The van der Waals surface area contributed by atoms with Crippen LogP contribution in [0, 0.1) is 0 Å². The van der Waals surface area contributed by atoms with Crippen molar-refractivity contribution in [1.82, 2.24) is 15.1 Å². The molecule has 3 nitrogen and oxygen atoms in total. The maximum atomic E-state index is 3.69. The largest absolute Gasteiger partial charge is 0.309 e. The van der Waals surface area contributed by atoms with Gasteiger partial charge in [-0.25, -0.2) is 0 Å². The Balaban J connectivity index is 1.91. The maximum absolute atomic E-state index is 3.69. The number of hydrogen-bond acceptors (Lipinski definition) is 3. The van der Waals surface area contributed by atoms with Crippen LogP contribution in [0.4, 0.5) is 0 Å². The van der Waals surface area contributed by atoms with Gasteiger partial charge in [-0.15, -0.1) is 0 Å². The van der Waals surface area contributed by atoms with Gasteiger partial charge in [0.25, 0.3) is 0 Å². The summed E-state index contributed by atoms with van der Waals surface area (Å²) in [6.07, 6.45) is 2.41. The number of rotatable bonds is 7. The van der Waals surface area contributed by atoms with Gasteiger partial charge in [-0.05, 0) is 64.2 Å². The van der Waals surface area contributed by atoms with E-state index in [0.717, 1.165) is 19.6 Å². The molecule has 1 aromatic rings. The molecule has 0 saturated heterocycles. The molecule has 1 aromatic carbocycles. The highest BCUT2D eigenvalue weighted by atomic mass is 15.2. The molecule has 3 heteroatoms. The van der Waals surface area contributed by atoms with Crippen molar-refractivity contribution in [2.75, 3.05) is 46.8 Å². The molecule has 0 radical (unpaired) electrons. The second kappa shape index (κ2) is 7.77. The van der Waals surface area contributed by atoms with Gasteiger partial charge in [-0.3, -0.25) is 0 Å². The number of hydrogen-bond donors (Lipinski definition) is 1. The lowest BCUT2D eigenvalue weighted by Gasteiger charge is -2.32. The molecular weight excluding hydrogens is 246 g/mol. The first kappa shape index (κ1) is 15.5. The summed E-state index contributed by atoms with van der Waals surface area (Å²) in [5.41, 5.74) is 3.03. The molecule has 0 spiro atoms. The van der Waals surface area contributed by atoms with Gasteiger partial charge in [-0.2, -0.15) is 0 Å². The fourth-order valence-electron chi connectivity index (χ4n) is 3.00. The van der Waals surface area contributed by atoms with Crippen LogP contribution >= 0.6 is 0 Å². The summed E-state index contributed by atoms with van der Waals surface area (Å²) in [6, 6.07) is 9.40. The Hall–Kier alpha value is -0.900. The molecule has 0 aliphatic carbocycles. The van der Waals surface area contributed by atoms with Crippen molar-refractivity contribution in [2.45, 2.75) is 25.8 Å². The van der Waals surface area contributed by atoms with E-state index in [1.807, 2.05) is 0 Å². The highest BCUT2D eigenvalue weighted by molar-refractivity contribution is 5.32. The zero-order chi connectivity index (χ0) is 14.4. The first-order valence-electron chi connectivity index (χ1n) is 7.89. The van der Waals surface area contributed by atoms with E-state index in [4.69, 9.17) is 0 Å². The smallest absolute Gasteiger partial charge is 0.0452 e. The lowest BCUT2D eigenvalue weighted by atomic mass is 9.94. The third-order valence-corrected chi connectivity index (χ3v) is 4.18. The molecule has 0 aromatic heterocycles. The Morgan fingerprint density at radius 1 is 1.20 bits per heavy atom. The van der Waals surface area contributed by atoms with Crippen molar-refractivity contribution in [3.05, 3.63) is 35.4 Å². The normalized spacial score (nSPS) is 18.6. The first-order valence-corrected chi connectivity index (χ1v) is 7.89. The summed E-state index contributed by atoms with van der Waals surface area (Å²) >= 11 is 0. The fraction of sp³-hybridized carbons (Fsp3) is 0.647. The summed E-state index contributed by atoms with van der Waals surface area (Å²) in [4.78, 5) is 4.84. The highest BCUT2D eigenvalue weighted by Gasteiger charge is 2.20. The second-order valence-electron chi connectivity index (χ2n) is 6.01. The van der Waals surface area contributed by atoms with Crippen molar-refractivity contribution in [1.29, 1.82) is 0 Å². The number of benzene rings is 1. The van der Waals surface area contributed by atoms with E-state index < -0.39 is 0 Å². The maximum Gasteiger partial charge on any atom is 0.0452 e. The minimum Gasteiger partial charge on any atom is -0.309 e. The lowest BCUT2D eigenvalue weighted by Crippen LogP contribution is -2.39. The summed E-state index contributed by atoms with van der Waals surface area (Å²) in [5, 5.41) is 3.69. The molecule has 1 N–H and O–H groups in total. The number of nitrogens with zero attached hydrogens (tertiary/aromatic N) is 2. The SMILES string of the molecule is CCN(CCCN(C)C)CC1NCCc2ccccc21. The molecule has 20 heavy (non-hydrogen) atoms. The lowest BCUT2D eigenvalue weighted by molar-refractivity contribution is 0.236. The number of nitrogens with one attached hydrogen (secondary N) is 1. The molecule has 1 heterocycles. The van der Waals surface area contributed by atoms with Gasteiger partial charge in [-0.1, -0.05) is 31.2 Å². The third-order valence-electron chi connectivity index (χ3n) is 4.18. The Labute approximate surface area is 124 Å². The van der Waals surface area contributed by atoms with Gasteiger partial charge < -0.3 is 15.1 Å². The molecule has 2 rings (SSSR count). The van der Waals surface area contributed by atoms with Crippen LogP contribution in [0.1, 0.15) is 30.5 Å². The van der Waals surface area contributed by atoms with Crippen molar-refractivity contribution >= 4 is 0 Å². The highest BCUT2D eigenvalue weighted by Crippen LogP contribution is 2.23. The first-order chi connectivity index (χ1) is 9.70. The summed E-state index contributed by atoms with van der Waals surface area (Å²) in [6.45, 7) is 8.00. The molecule has 0 fully saturated rings. The summed E-state index contributed by atoms with van der Waals surface area (Å²) < 4.78 is 0. The summed E-state index contributed by atoms with van der Waals surface area (Å²) in [7, 11) is 4.30. The van der Waals surface area contributed by atoms with E-state index in [0.29, 0.717) is 6.04 Å². The van der Waals surface area contributed by atoms with Crippen LogP contribution in [0.25, 0.3) is 0 Å². The van der Waals surface area contributed by atoms with Gasteiger partial charge >= 0.3 is 0 Å². The molecule has 1 atom stereocenters. The van der Waals surface area contributed by atoms with Crippen LogP contribution < -0.4 is 5.32 Å². The van der Waals surface area contributed by atoms with Crippen molar-refractivity contribution in [3.8, 4) is 0 Å². The van der Waals surface area contributed by atoms with Gasteiger partial charge in [0.15, 0.2) is 0 Å². The molecule has 1 aliphatic heterocycles. The Kier molecular flexibility index (Phi) is 6.02. The molecular formula is C17H29N3. The van der Waals surface area contributed by atoms with Crippen LogP contribution in [-0.2, 0) is 6.42 Å². The Bertz CT molecular complexity index is 403. The zero-order valence-electron chi connectivity index (χ0n) is 13.2. The Morgan fingerprint density at radius 3 is 2.75 bits per heavy atom. The van der Waals surface area contributed by atoms with E-state index in [-0.39, 0.29) is 0 Å². The van der Waals surface area contributed by atoms with Crippen LogP contribution in [0.2, 0.25) is 0 Å². The second-order valence-corrected chi connectivity index (χ2v) is 6.01. The predicted octanol–water partition coefficient (Wildman–Crippen LogP) is 2.15. The van der Waals surface area contributed by atoms with Crippen molar-refractivity contribution in [2.24, 2.45) is 0 Å². The van der Waals surface area contributed by atoms with Gasteiger partial charge in [0.2, 0.25) is 0 Å². The number of fused-ring (bicyclic) bond motifs is 1. The van der Waals surface area contributed by atoms with Crippen LogP contribution in [0.3, 0.4) is 0 Å². The van der Waals surface area contributed by atoms with Crippen LogP contribution in [0.15, 0.2) is 24.3 Å². The minimum atomic E-state index is 0.499. The average molecular weight is 275 g/mol. The summed E-state index contributed by atoms with van der Waals surface area (Å²) in [5.74, 6) is 0. The topological polar surface area (TPSA) is 18.5 Å².